The van der Waals surface area contributed by atoms with Gasteiger partial charge in [0, 0.05) is 36.8 Å². The molecular weight excluding hydrogens is 424 g/mol. The summed E-state index contributed by atoms with van der Waals surface area (Å²) in [5, 5.41) is 17.1. The summed E-state index contributed by atoms with van der Waals surface area (Å²) < 4.78 is 32.1. The lowest BCUT2D eigenvalue weighted by Gasteiger charge is -2.28. The van der Waals surface area contributed by atoms with Crippen molar-refractivity contribution >= 4 is 17.0 Å². The van der Waals surface area contributed by atoms with Crippen molar-refractivity contribution in [3.63, 3.8) is 0 Å². The van der Waals surface area contributed by atoms with Gasteiger partial charge >= 0.3 is 0 Å². The number of pyridine rings is 1. The van der Waals surface area contributed by atoms with E-state index in [1.807, 2.05) is 16.9 Å². The third-order valence-corrected chi connectivity index (χ3v) is 6.68. The number of hydrogen-bond acceptors (Lipinski definition) is 4. The number of nitrogens with one attached hydrogen (secondary N) is 1. The number of aryl methyl sites for hydroxylation is 1. The topological polar surface area (TPSA) is 67.4 Å². The Bertz CT molecular complexity index is 1270. The predicted octanol–water partition coefficient (Wildman–Crippen LogP) is 5.64. The average Bonchev–Trinajstić information content (AvgIpc) is 3.48. The highest BCUT2D eigenvalue weighted by Gasteiger charge is 2.23. The number of aliphatic hydroxyl groups is 1. The predicted molar refractivity (Wildman–Crippen MR) is 123 cm³/mol. The quantitative estimate of drug-likeness (QED) is 0.398. The fourth-order valence-corrected chi connectivity index (χ4v) is 4.82. The molecule has 1 fully saturated rings. The summed E-state index contributed by atoms with van der Waals surface area (Å²) in [4.78, 5) is 4.45. The van der Waals surface area contributed by atoms with Crippen molar-refractivity contribution in [2.75, 3.05) is 11.9 Å². The monoisotopic (exact) mass is 451 g/mol. The smallest absolute Gasteiger partial charge is 0.161 e. The molecule has 3 heterocycles. The summed E-state index contributed by atoms with van der Waals surface area (Å²) >= 11 is 0. The van der Waals surface area contributed by atoms with Gasteiger partial charge in [-0.05, 0) is 68.7 Å². The van der Waals surface area contributed by atoms with E-state index in [-0.39, 0.29) is 6.61 Å². The van der Waals surface area contributed by atoms with Crippen molar-refractivity contribution in [3.8, 4) is 11.3 Å². The van der Waals surface area contributed by atoms with Crippen LogP contribution in [0.15, 0.2) is 49.1 Å². The second-order valence-electron chi connectivity index (χ2n) is 8.86. The molecule has 2 N–H and O–H groups in total. The lowest BCUT2D eigenvalue weighted by Crippen LogP contribution is -2.19. The SMILES string of the molecule is Cc1cc(-c2ccc(Nc3cnn([C@H]4CC[C@H](CCO)CC4)c3)c3nccn23)c(F)cc1F. The third-order valence-electron chi connectivity index (χ3n) is 6.68. The zero-order valence-corrected chi connectivity index (χ0v) is 18.5. The van der Waals surface area contributed by atoms with Crippen molar-refractivity contribution in [2.45, 2.75) is 45.1 Å². The first-order valence-corrected chi connectivity index (χ1v) is 11.4. The number of fused-ring (bicyclic) bond motifs is 1. The number of aromatic nitrogens is 4. The summed E-state index contributed by atoms with van der Waals surface area (Å²) in [7, 11) is 0. The Hall–Kier alpha value is -3.26. The first-order valence-electron chi connectivity index (χ1n) is 11.4. The number of nitrogens with zero attached hydrogens (tertiary/aromatic N) is 4. The molecule has 33 heavy (non-hydrogen) atoms. The third kappa shape index (κ3) is 4.23. The fraction of sp³-hybridized carbons (Fsp3) is 0.360. The number of anilines is 2. The minimum Gasteiger partial charge on any atom is -0.396 e. The van der Waals surface area contributed by atoms with Gasteiger partial charge in [-0.1, -0.05) is 0 Å². The van der Waals surface area contributed by atoms with Crippen molar-refractivity contribution in [2.24, 2.45) is 5.92 Å². The van der Waals surface area contributed by atoms with Crippen LogP contribution in [-0.4, -0.2) is 30.9 Å². The molecule has 0 amide bonds. The van der Waals surface area contributed by atoms with E-state index in [0.29, 0.717) is 34.4 Å². The van der Waals surface area contributed by atoms with Crippen LogP contribution >= 0.6 is 0 Å². The maximum absolute atomic E-state index is 14.5. The molecule has 8 heteroatoms. The molecular formula is C25H27F2N5O. The van der Waals surface area contributed by atoms with Gasteiger partial charge in [-0.15, -0.1) is 0 Å². The first-order chi connectivity index (χ1) is 16.0. The Morgan fingerprint density at radius 1 is 1.12 bits per heavy atom. The maximum Gasteiger partial charge on any atom is 0.161 e. The van der Waals surface area contributed by atoms with Gasteiger partial charge in [-0.25, -0.2) is 13.8 Å². The minimum atomic E-state index is -0.608. The van der Waals surface area contributed by atoms with E-state index in [2.05, 4.69) is 15.4 Å². The van der Waals surface area contributed by atoms with Gasteiger partial charge in [-0.2, -0.15) is 5.10 Å². The van der Waals surface area contributed by atoms with E-state index in [9.17, 15) is 8.78 Å². The molecule has 0 aliphatic heterocycles. The number of rotatable bonds is 6. The van der Waals surface area contributed by atoms with Crippen LogP contribution in [0.4, 0.5) is 20.2 Å². The highest BCUT2D eigenvalue weighted by Crippen LogP contribution is 2.34. The molecule has 0 spiro atoms. The number of hydrogen-bond donors (Lipinski definition) is 2. The van der Waals surface area contributed by atoms with Gasteiger partial charge < -0.3 is 10.4 Å². The van der Waals surface area contributed by atoms with Crippen LogP contribution < -0.4 is 5.32 Å². The molecule has 0 bridgehead atoms. The van der Waals surface area contributed by atoms with Gasteiger partial charge in [0.1, 0.15) is 11.6 Å². The number of benzene rings is 1. The fourth-order valence-electron chi connectivity index (χ4n) is 4.82. The van der Waals surface area contributed by atoms with E-state index in [4.69, 9.17) is 5.11 Å². The lowest BCUT2D eigenvalue weighted by atomic mass is 9.84. The van der Waals surface area contributed by atoms with Gasteiger partial charge in [0.05, 0.1) is 29.3 Å². The Morgan fingerprint density at radius 2 is 1.94 bits per heavy atom. The molecule has 1 saturated carbocycles. The number of aliphatic hydroxyl groups excluding tert-OH is 1. The van der Waals surface area contributed by atoms with Gasteiger partial charge in [0.25, 0.3) is 0 Å². The molecule has 0 saturated heterocycles. The van der Waals surface area contributed by atoms with Crippen LogP contribution in [0.5, 0.6) is 0 Å². The van der Waals surface area contributed by atoms with Gasteiger partial charge in [0.2, 0.25) is 0 Å². The molecule has 0 radical (unpaired) electrons. The van der Waals surface area contributed by atoms with Crippen LogP contribution in [-0.2, 0) is 0 Å². The zero-order valence-electron chi connectivity index (χ0n) is 18.5. The number of halogens is 2. The van der Waals surface area contributed by atoms with Crippen molar-refractivity contribution in [1.29, 1.82) is 0 Å². The van der Waals surface area contributed by atoms with Crippen molar-refractivity contribution in [3.05, 3.63) is 66.3 Å². The van der Waals surface area contributed by atoms with Gasteiger partial charge in [-0.3, -0.25) is 9.08 Å². The molecule has 5 rings (SSSR count). The normalized spacial score (nSPS) is 18.7. The maximum atomic E-state index is 14.5. The summed E-state index contributed by atoms with van der Waals surface area (Å²) in [5.41, 5.74) is 3.59. The first kappa shape index (κ1) is 21.6. The lowest BCUT2D eigenvalue weighted by molar-refractivity contribution is 0.202. The molecule has 4 aromatic rings. The number of imidazole rings is 1. The molecule has 0 atom stereocenters. The van der Waals surface area contributed by atoms with Crippen LogP contribution in [0, 0.1) is 24.5 Å². The second kappa shape index (κ2) is 8.94. The second-order valence-corrected chi connectivity index (χ2v) is 8.86. The van der Waals surface area contributed by atoms with Crippen LogP contribution in [0.2, 0.25) is 0 Å². The molecule has 1 aromatic carbocycles. The summed E-state index contributed by atoms with van der Waals surface area (Å²) in [6, 6.07) is 6.47. The van der Waals surface area contributed by atoms with Gasteiger partial charge in [0.15, 0.2) is 5.65 Å². The summed E-state index contributed by atoms with van der Waals surface area (Å²) in [6.07, 6.45) is 12.5. The minimum absolute atomic E-state index is 0.264. The average molecular weight is 452 g/mol. The Labute approximate surface area is 190 Å². The summed E-state index contributed by atoms with van der Waals surface area (Å²) in [6.45, 7) is 1.88. The zero-order chi connectivity index (χ0) is 22.9. The molecule has 172 valence electrons. The largest absolute Gasteiger partial charge is 0.396 e. The Kier molecular flexibility index (Phi) is 5.85. The van der Waals surface area contributed by atoms with E-state index in [1.165, 1.54) is 6.07 Å². The van der Waals surface area contributed by atoms with Crippen molar-refractivity contribution < 1.29 is 13.9 Å². The molecule has 3 aromatic heterocycles. The molecule has 0 unspecified atom stereocenters. The van der Waals surface area contributed by atoms with Crippen LogP contribution in [0.3, 0.4) is 0 Å². The standard InChI is InChI=1S/C25H27F2N5O/c1-16-12-20(22(27)13-21(16)26)24-7-6-23(25-28-9-10-31(24)25)30-18-14-29-32(15-18)19-4-2-17(3-5-19)8-11-33/h6-7,9-10,12-15,17,19,30,33H,2-5,8,11H2,1H3/t17-,19-. The van der Waals surface area contributed by atoms with E-state index in [0.717, 1.165) is 49.5 Å². The van der Waals surface area contributed by atoms with E-state index < -0.39 is 11.6 Å². The summed E-state index contributed by atoms with van der Waals surface area (Å²) in [5.74, 6) is -0.555. The highest BCUT2D eigenvalue weighted by atomic mass is 19.1. The molecule has 1 aliphatic carbocycles. The molecule has 1 aliphatic rings. The Morgan fingerprint density at radius 3 is 2.73 bits per heavy atom. The highest BCUT2D eigenvalue weighted by molar-refractivity contribution is 5.78. The van der Waals surface area contributed by atoms with E-state index in [1.54, 1.807) is 36.0 Å². The Balaban J connectivity index is 1.38. The van der Waals surface area contributed by atoms with Crippen molar-refractivity contribution in [1.82, 2.24) is 19.2 Å². The van der Waals surface area contributed by atoms with E-state index >= 15 is 0 Å². The van der Waals surface area contributed by atoms with Crippen LogP contribution in [0.1, 0.15) is 43.7 Å². The van der Waals surface area contributed by atoms with Crippen LogP contribution in [0.25, 0.3) is 16.9 Å². The molecule has 6 nitrogen and oxygen atoms in total.